The second-order valence-electron chi connectivity index (χ2n) is 4.43. The summed E-state index contributed by atoms with van der Waals surface area (Å²) < 4.78 is 0. The third kappa shape index (κ3) is 1.90. The molecule has 84 valence electrons. The highest BCUT2D eigenvalue weighted by atomic mass is 32.1. The molecule has 1 nitrogen and oxygen atoms in total. The van der Waals surface area contributed by atoms with Crippen LogP contribution in [-0.2, 0) is 0 Å². The fourth-order valence-corrected chi connectivity index (χ4v) is 3.19. The number of hydrogen-bond donors (Lipinski definition) is 0. The molecule has 0 spiro atoms. The highest BCUT2D eigenvalue weighted by Gasteiger charge is 2.11. The number of benzene rings is 1. The first-order chi connectivity index (χ1) is 7.49. The lowest BCUT2D eigenvalue weighted by atomic mass is 10.0. The van der Waals surface area contributed by atoms with Gasteiger partial charge in [0, 0.05) is 10.4 Å². The molecule has 16 heavy (non-hydrogen) atoms. The minimum Gasteiger partial charge on any atom is -0.241 e. The van der Waals surface area contributed by atoms with Gasteiger partial charge in [-0.2, -0.15) is 0 Å². The first-order valence-corrected chi connectivity index (χ1v) is 6.33. The number of rotatable bonds is 1. The highest BCUT2D eigenvalue weighted by Crippen LogP contribution is 2.32. The number of aryl methyl sites for hydroxylation is 5. The van der Waals surface area contributed by atoms with Crippen molar-refractivity contribution in [3.63, 3.8) is 0 Å². The summed E-state index contributed by atoms with van der Waals surface area (Å²) >= 11 is 1.79. The molecule has 2 rings (SSSR count). The Morgan fingerprint density at radius 2 is 1.50 bits per heavy atom. The zero-order chi connectivity index (χ0) is 11.9. The van der Waals surface area contributed by atoms with E-state index in [0.29, 0.717) is 0 Å². The monoisotopic (exact) mass is 231 g/mol. The van der Waals surface area contributed by atoms with Crippen LogP contribution in [0.2, 0.25) is 0 Å². The van der Waals surface area contributed by atoms with E-state index in [-0.39, 0.29) is 0 Å². The van der Waals surface area contributed by atoms with Gasteiger partial charge in [0.05, 0.1) is 5.69 Å². The largest absolute Gasteiger partial charge is 0.241 e. The van der Waals surface area contributed by atoms with E-state index in [9.17, 15) is 0 Å². The molecule has 2 heteroatoms. The van der Waals surface area contributed by atoms with Gasteiger partial charge in [0.2, 0.25) is 0 Å². The molecule has 0 saturated heterocycles. The predicted octanol–water partition coefficient (Wildman–Crippen LogP) is 4.35. The van der Waals surface area contributed by atoms with Crippen LogP contribution in [0, 0.1) is 34.6 Å². The molecule has 0 radical (unpaired) electrons. The SMILES string of the molecule is Cc1cc(C)c(-c2nc(C)c(C)s2)c(C)c1. The summed E-state index contributed by atoms with van der Waals surface area (Å²) in [5.41, 5.74) is 6.44. The topological polar surface area (TPSA) is 12.9 Å². The van der Waals surface area contributed by atoms with E-state index in [2.05, 4.69) is 51.7 Å². The maximum absolute atomic E-state index is 4.65. The van der Waals surface area contributed by atoms with Gasteiger partial charge in [-0.1, -0.05) is 17.7 Å². The van der Waals surface area contributed by atoms with Gasteiger partial charge in [-0.05, 0) is 45.7 Å². The smallest absolute Gasteiger partial charge is 0.124 e. The molecule has 0 saturated carbocycles. The Bertz CT molecular complexity index is 495. The van der Waals surface area contributed by atoms with E-state index in [1.165, 1.54) is 27.1 Å². The van der Waals surface area contributed by atoms with Gasteiger partial charge in [0.1, 0.15) is 5.01 Å². The molecule has 0 bridgehead atoms. The molecule has 0 aliphatic rings. The molecule has 0 N–H and O–H groups in total. The fourth-order valence-electron chi connectivity index (χ4n) is 2.10. The molecular weight excluding hydrogens is 214 g/mol. The van der Waals surface area contributed by atoms with Crippen molar-refractivity contribution < 1.29 is 0 Å². The quantitative estimate of drug-likeness (QED) is 0.711. The Balaban J connectivity index is 2.64. The Hall–Kier alpha value is -1.15. The lowest BCUT2D eigenvalue weighted by Crippen LogP contribution is -1.89. The van der Waals surface area contributed by atoms with Gasteiger partial charge in [-0.15, -0.1) is 11.3 Å². The molecule has 0 atom stereocenters. The Morgan fingerprint density at radius 3 is 1.94 bits per heavy atom. The molecule has 0 amide bonds. The van der Waals surface area contributed by atoms with E-state index in [0.717, 1.165) is 10.7 Å². The minimum atomic E-state index is 1.15. The van der Waals surface area contributed by atoms with Crippen molar-refractivity contribution in [3.05, 3.63) is 39.4 Å². The van der Waals surface area contributed by atoms with Crippen molar-refractivity contribution in [1.82, 2.24) is 4.98 Å². The third-order valence-electron chi connectivity index (χ3n) is 2.92. The summed E-state index contributed by atoms with van der Waals surface area (Å²) in [5.74, 6) is 0. The lowest BCUT2D eigenvalue weighted by Gasteiger charge is -2.08. The Morgan fingerprint density at radius 1 is 0.938 bits per heavy atom. The average Bonchev–Trinajstić information content (AvgIpc) is 2.44. The van der Waals surface area contributed by atoms with Crippen LogP contribution < -0.4 is 0 Å². The first-order valence-electron chi connectivity index (χ1n) is 5.51. The van der Waals surface area contributed by atoms with Gasteiger partial charge in [-0.3, -0.25) is 0 Å². The highest BCUT2D eigenvalue weighted by molar-refractivity contribution is 7.15. The van der Waals surface area contributed by atoms with Crippen molar-refractivity contribution in [1.29, 1.82) is 0 Å². The summed E-state index contributed by atoms with van der Waals surface area (Å²) in [6.45, 7) is 10.7. The lowest BCUT2D eigenvalue weighted by molar-refractivity contribution is 1.22. The van der Waals surface area contributed by atoms with Gasteiger partial charge in [0.25, 0.3) is 0 Å². The summed E-state index contributed by atoms with van der Waals surface area (Å²) in [6, 6.07) is 4.46. The zero-order valence-corrected chi connectivity index (χ0v) is 11.3. The van der Waals surface area contributed by atoms with Crippen molar-refractivity contribution >= 4 is 11.3 Å². The minimum absolute atomic E-state index is 1.15. The van der Waals surface area contributed by atoms with E-state index in [4.69, 9.17) is 0 Å². The van der Waals surface area contributed by atoms with Crippen molar-refractivity contribution in [2.75, 3.05) is 0 Å². The second kappa shape index (κ2) is 4.02. The molecule has 1 heterocycles. The first kappa shape index (κ1) is 11.3. The fraction of sp³-hybridized carbons (Fsp3) is 0.357. The maximum Gasteiger partial charge on any atom is 0.124 e. The van der Waals surface area contributed by atoms with Crippen LogP contribution in [0.3, 0.4) is 0 Å². The number of hydrogen-bond acceptors (Lipinski definition) is 2. The molecule has 0 fully saturated rings. The normalized spacial score (nSPS) is 10.8. The number of thiazole rings is 1. The molecule has 0 aliphatic heterocycles. The van der Waals surface area contributed by atoms with Gasteiger partial charge >= 0.3 is 0 Å². The summed E-state index contributed by atoms with van der Waals surface area (Å²) in [7, 11) is 0. The number of aromatic nitrogens is 1. The summed E-state index contributed by atoms with van der Waals surface area (Å²) in [4.78, 5) is 5.96. The van der Waals surface area contributed by atoms with Gasteiger partial charge in [-0.25, -0.2) is 4.98 Å². The Labute approximate surface area is 101 Å². The van der Waals surface area contributed by atoms with Crippen LogP contribution in [-0.4, -0.2) is 4.98 Å². The van der Waals surface area contributed by atoms with Crippen molar-refractivity contribution in [2.24, 2.45) is 0 Å². The Kier molecular flexibility index (Phi) is 2.85. The molecular formula is C14H17NS. The van der Waals surface area contributed by atoms with Crippen molar-refractivity contribution in [2.45, 2.75) is 34.6 Å². The predicted molar refractivity (Wildman–Crippen MR) is 71.2 cm³/mol. The van der Waals surface area contributed by atoms with E-state index in [1.54, 1.807) is 11.3 Å². The average molecular weight is 231 g/mol. The van der Waals surface area contributed by atoms with Crippen molar-refractivity contribution in [3.8, 4) is 10.6 Å². The molecule has 0 unspecified atom stereocenters. The molecule has 1 aromatic carbocycles. The van der Waals surface area contributed by atoms with Crippen LogP contribution >= 0.6 is 11.3 Å². The molecule has 1 aromatic heterocycles. The second-order valence-corrected chi connectivity index (χ2v) is 5.64. The van der Waals surface area contributed by atoms with Crippen LogP contribution in [0.15, 0.2) is 12.1 Å². The zero-order valence-electron chi connectivity index (χ0n) is 10.5. The maximum atomic E-state index is 4.65. The molecule has 0 aliphatic carbocycles. The van der Waals surface area contributed by atoms with Crippen LogP contribution in [0.5, 0.6) is 0 Å². The van der Waals surface area contributed by atoms with E-state index in [1.807, 2.05) is 0 Å². The standard InChI is InChI=1S/C14H17NS/c1-8-6-9(2)13(10(3)7-8)14-15-11(4)12(5)16-14/h6-7H,1-5H3. The van der Waals surface area contributed by atoms with Crippen LogP contribution in [0.4, 0.5) is 0 Å². The summed E-state index contributed by atoms with van der Waals surface area (Å²) in [6.07, 6.45) is 0. The van der Waals surface area contributed by atoms with Gasteiger partial charge < -0.3 is 0 Å². The molecule has 2 aromatic rings. The third-order valence-corrected chi connectivity index (χ3v) is 4.01. The van der Waals surface area contributed by atoms with E-state index >= 15 is 0 Å². The summed E-state index contributed by atoms with van der Waals surface area (Å²) in [5, 5.41) is 1.16. The van der Waals surface area contributed by atoms with Crippen LogP contribution in [0.25, 0.3) is 10.6 Å². The van der Waals surface area contributed by atoms with E-state index < -0.39 is 0 Å². The van der Waals surface area contributed by atoms with Crippen LogP contribution in [0.1, 0.15) is 27.3 Å². The number of nitrogens with zero attached hydrogens (tertiary/aromatic N) is 1. The van der Waals surface area contributed by atoms with Gasteiger partial charge in [0.15, 0.2) is 0 Å².